The molecule has 0 bridgehead atoms. The number of carbonyl (C=O) groups is 1. The molecule has 1 aliphatic rings. The highest BCUT2D eigenvalue weighted by molar-refractivity contribution is 5.76. The Morgan fingerprint density at radius 3 is 3.06 bits per heavy atom. The van der Waals surface area contributed by atoms with Crippen molar-refractivity contribution in [2.45, 2.75) is 26.3 Å². The van der Waals surface area contributed by atoms with E-state index < -0.39 is 0 Å². The predicted octanol–water partition coefficient (Wildman–Crippen LogP) is 1.58. The van der Waals surface area contributed by atoms with Crippen molar-refractivity contribution in [3.63, 3.8) is 0 Å². The molecule has 0 unspecified atom stereocenters. The minimum Gasteiger partial charge on any atom is -0.399 e. The van der Waals surface area contributed by atoms with Gasteiger partial charge in [-0.3, -0.25) is 4.79 Å². The number of hydrogen-bond acceptors (Lipinski definition) is 3. The highest BCUT2D eigenvalue weighted by Gasteiger charge is 2.20. The molecule has 0 spiro atoms. The summed E-state index contributed by atoms with van der Waals surface area (Å²) in [6.07, 6.45) is 1.38. The van der Waals surface area contributed by atoms with Crippen molar-refractivity contribution in [2.24, 2.45) is 0 Å². The fourth-order valence-electron chi connectivity index (χ4n) is 2.25. The zero-order valence-corrected chi connectivity index (χ0v) is 10.8. The number of benzene rings is 1. The Morgan fingerprint density at radius 1 is 1.44 bits per heavy atom. The lowest BCUT2D eigenvalue weighted by atomic mass is 9.99. The van der Waals surface area contributed by atoms with E-state index >= 15 is 0 Å². The first-order valence-electron chi connectivity index (χ1n) is 6.43. The van der Waals surface area contributed by atoms with Crippen LogP contribution in [0, 0.1) is 0 Å². The summed E-state index contributed by atoms with van der Waals surface area (Å²) in [7, 11) is 0. The molecule has 1 aromatic rings. The topological polar surface area (TPSA) is 55.6 Å². The van der Waals surface area contributed by atoms with Gasteiger partial charge in [0.2, 0.25) is 5.91 Å². The van der Waals surface area contributed by atoms with Gasteiger partial charge >= 0.3 is 0 Å². The SMILES string of the molecule is CCOCCC(=O)N1CCc2ccc(N)cc2C1. The summed E-state index contributed by atoms with van der Waals surface area (Å²) in [5, 5.41) is 0. The third-order valence-electron chi connectivity index (χ3n) is 3.26. The van der Waals surface area contributed by atoms with Crippen molar-refractivity contribution < 1.29 is 9.53 Å². The Kier molecular flexibility index (Phi) is 4.20. The minimum absolute atomic E-state index is 0.163. The van der Waals surface area contributed by atoms with Gasteiger partial charge < -0.3 is 15.4 Å². The van der Waals surface area contributed by atoms with Gasteiger partial charge in [0.1, 0.15) is 0 Å². The van der Waals surface area contributed by atoms with E-state index in [0.717, 1.165) is 18.7 Å². The molecular formula is C14H20N2O2. The summed E-state index contributed by atoms with van der Waals surface area (Å²) >= 11 is 0. The number of fused-ring (bicyclic) bond motifs is 1. The average molecular weight is 248 g/mol. The molecule has 0 atom stereocenters. The summed E-state index contributed by atoms with van der Waals surface area (Å²) in [5.41, 5.74) is 9.02. The third-order valence-corrected chi connectivity index (χ3v) is 3.26. The molecule has 0 saturated heterocycles. The van der Waals surface area contributed by atoms with Gasteiger partial charge in [-0.25, -0.2) is 0 Å². The van der Waals surface area contributed by atoms with Gasteiger partial charge in [0.25, 0.3) is 0 Å². The number of anilines is 1. The Bertz CT molecular complexity index is 432. The summed E-state index contributed by atoms with van der Waals surface area (Å²) < 4.78 is 5.22. The van der Waals surface area contributed by atoms with Crippen LogP contribution in [-0.4, -0.2) is 30.6 Å². The predicted molar refractivity (Wildman–Crippen MR) is 71.1 cm³/mol. The van der Waals surface area contributed by atoms with Crippen LogP contribution in [-0.2, 0) is 22.5 Å². The van der Waals surface area contributed by atoms with Gasteiger partial charge in [0, 0.05) is 25.4 Å². The molecule has 4 nitrogen and oxygen atoms in total. The Labute approximate surface area is 108 Å². The van der Waals surface area contributed by atoms with Crippen LogP contribution in [0.1, 0.15) is 24.5 Å². The number of amides is 1. The van der Waals surface area contributed by atoms with Crippen molar-refractivity contribution in [2.75, 3.05) is 25.5 Å². The molecule has 1 aromatic carbocycles. The summed E-state index contributed by atoms with van der Waals surface area (Å²) in [4.78, 5) is 13.9. The van der Waals surface area contributed by atoms with Gasteiger partial charge in [0.15, 0.2) is 0 Å². The maximum absolute atomic E-state index is 12.0. The number of nitrogen functional groups attached to an aromatic ring is 1. The second-order valence-electron chi connectivity index (χ2n) is 4.54. The van der Waals surface area contributed by atoms with Gasteiger partial charge in [0.05, 0.1) is 13.0 Å². The lowest BCUT2D eigenvalue weighted by Gasteiger charge is -2.29. The van der Waals surface area contributed by atoms with Crippen LogP contribution in [0.25, 0.3) is 0 Å². The van der Waals surface area contributed by atoms with Crippen LogP contribution in [0.2, 0.25) is 0 Å². The molecule has 2 rings (SSSR count). The summed E-state index contributed by atoms with van der Waals surface area (Å²) in [6.45, 7) is 4.57. The number of rotatable bonds is 4. The monoisotopic (exact) mass is 248 g/mol. The molecule has 1 aliphatic heterocycles. The van der Waals surface area contributed by atoms with Gasteiger partial charge in [-0.05, 0) is 36.6 Å². The van der Waals surface area contributed by atoms with Gasteiger partial charge in [-0.2, -0.15) is 0 Å². The van der Waals surface area contributed by atoms with Crippen LogP contribution in [0.3, 0.4) is 0 Å². The van der Waals surface area contributed by atoms with Crippen LogP contribution < -0.4 is 5.73 Å². The molecular weight excluding hydrogens is 228 g/mol. The van der Waals surface area contributed by atoms with E-state index in [9.17, 15) is 4.79 Å². The Morgan fingerprint density at radius 2 is 2.28 bits per heavy atom. The largest absolute Gasteiger partial charge is 0.399 e. The highest BCUT2D eigenvalue weighted by atomic mass is 16.5. The second kappa shape index (κ2) is 5.87. The first-order chi connectivity index (χ1) is 8.70. The van der Waals surface area contributed by atoms with Crippen molar-refractivity contribution in [3.05, 3.63) is 29.3 Å². The van der Waals surface area contributed by atoms with E-state index in [1.54, 1.807) is 0 Å². The fourth-order valence-corrected chi connectivity index (χ4v) is 2.25. The van der Waals surface area contributed by atoms with E-state index in [-0.39, 0.29) is 5.91 Å². The van der Waals surface area contributed by atoms with E-state index in [0.29, 0.717) is 26.2 Å². The number of ether oxygens (including phenoxy) is 1. The molecule has 0 aliphatic carbocycles. The van der Waals surface area contributed by atoms with Crippen LogP contribution >= 0.6 is 0 Å². The first kappa shape index (κ1) is 12.9. The highest BCUT2D eigenvalue weighted by Crippen LogP contribution is 2.21. The van der Waals surface area contributed by atoms with E-state index in [1.807, 2.05) is 24.0 Å². The zero-order chi connectivity index (χ0) is 13.0. The maximum atomic E-state index is 12.0. The molecule has 98 valence electrons. The number of hydrogen-bond donors (Lipinski definition) is 1. The number of carbonyl (C=O) groups excluding carboxylic acids is 1. The Balaban J connectivity index is 1.96. The third kappa shape index (κ3) is 3.01. The van der Waals surface area contributed by atoms with Crippen molar-refractivity contribution in [3.8, 4) is 0 Å². The van der Waals surface area contributed by atoms with Gasteiger partial charge in [-0.15, -0.1) is 0 Å². The van der Waals surface area contributed by atoms with Gasteiger partial charge in [-0.1, -0.05) is 6.07 Å². The molecule has 0 radical (unpaired) electrons. The lowest BCUT2D eigenvalue weighted by Crippen LogP contribution is -2.36. The summed E-state index contributed by atoms with van der Waals surface area (Å²) in [6, 6.07) is 5.95. The number of nitrogens with two attached hydrogens (primary N) is 1. The van der Waals surface area contributed by atoms with Crippen LogP contribution in [0.15, 0.2) is 18.2 Å². The number of nitrogens with zero attached hydrogens (tertiary/aromatic N) is 1. The zero-order valence-electron chi connectivity index (χ0n) is 10.8. The average Bonchev–Trinajstić information content (AvgIpc) is 2.38. The normalized spacial score (nSPS) is 14.4. The van der Waals surface area contributed by atoms with E-state index in [1.165, 1.54) is 11.1 Å². The second-order valence-corrected chi connectivity index (χ2v) is 4.54. The Hall–Kier alpha value is -1.55. The van der Waals surface area contributed by atoms with Crippen LogP contribution in [0.5, 0.6) is 0 Å². The molecule has 0 fully saturated rings. The molecule has 0 saturated carbocycles. The minimum atomic E-state index is 0.163. The standard InChI is InChI=1S/C14H20N2O2/c1-2-18-8-6-14(17)16-7-5-11-3-4-13(15)9-12(11)10-16/h3-4,9H,2,5-8,10,15H2,1H3. The van der Waals surface area contributed by atoms with Crippen molar-refractivity contribution >= 4 is 11.6 Å². The first-order valence-corrected chi connectivity index (χ1v) is 6.43. The molecule has 4 heteroatoms. The lowest BCUT2D eigenvalue weighted by molar-refractivity contribution is -0.133. The van der Waals surface area contributed by atoms with Crippen LogP contribution in [0.4, 0.5) is 5.69 Å². The molecule has 1 amide bonds. The van der Waals surface area contributed by atoms with E-state index in [4.69, 9.17) is 10.5 Å². The smallest absolute Gasteiger partial charge is 0.225 e. The van der Waals surface area contributed by atoms with Crippen molar-refractivity contribution in [1.82, 2.24) is 4.90 Å². The van der Waals surface area contributed by atoms with Crippen molar-refractivity contribution in [1.29, 1.82) is 0 Å². The molecule has 0 aromatic heterocycles. The quantitative estimate of drug-likeness (QED) is 0.650. The van der Waals surface area contributed by atoms with E-state index in [2.05, 4.69) is 6.07 Å². The summed E-state index contributed by atoms with van der Waals surface area (Å²) in [5.74, 6) is 0.163. The molecule has 2 N–H and O–H groups in total. The maximum Gasteiger partial charge on any atom is 0.225 e. The molecule has 18 heavy (non-hydrogen) atoms. The molecule has 1 heterocycles. The fraction of sp³-hybridized carbons (Fsp3) is 0.500.